The van der Waals surface area contributed by atoms with Crippen LogP contribution in [0.1, 0.15) is 23.1 Å². The first-order chi connectivity index (χ1) is 15.4. The van der Waals surface area contributed by atoms with Crippen LogP contribution in [-0.4, -0.2) is 48.3 Å². The highest BCUT2D eigenvalue weighted by Crippen LogP contribution is 2.51. The summed E-state index contributed by atoms with van der Waals surface area (Å²) in [6, 6.07) is 7.86. The van der Waals surface area contributed by atoms with Crippen molar-refractivity contribution in [1.82, 2.24) is 0 Å². The molecule has 0 aromatic heterocycles. The molecule has 0 spiro atoms. The quantitative estimate of drug-likeness (QED) is 0.583. The van der Waals surface area contributed by atoms with Gasteiger partial charge in [0.05, 0.1) is 19.5 Å². The van der Waals surface area contributed by atoms with Crippen molar-refractivity contribution in [3.8, 4) is 28.7 Å². The molecule has 0 amide bonds. The van der Waals surface area contributed by atoms with Crippen molar-refractivity contribution in [1.29, 1.82) is 5.41 Å². The van der Waals surface area contributed by atoms with Gasteiger partial charge in [-0.2, -0.15) is 0 Å². The Morgan fingerprint density at radius 3 is 2.56 bits per heavy atom. The Morgan fingerprint density at radius 1 is 1.22 bits per heavy atom. The molecule has 0 bridgehead atoms. The fourth-order valence-corrected chi connectivity index (χ4v) is 4.84. The second-order valence-electron chi connectivity index (χ2n) is 7.73. The van der Waals surface area contributed by atoms with Crippen LogP contribution in [0.2, 0.25) is 0 Å². The van der Waals surface area contributed by atoms with Gasteiger partial charge in [-0.15, -0.1) is 0 Å². The van der Waals surface area contributed by atoms with E-state index in [1.807, 2.05) is 31.2 Å². The molecular weight excluding hydrogens is 430 g/mol. The van der Waals surface area contributed by atoms with Gasteiger partial charge >= 0.3 is 0 Å². The summed E-state index contributed by atoms with van der Waals surface area (Å²) in [5, 5.41) is 18.3. The molecule has 9 heteroatoms. The summed E-state index contributed by atoms with van der Waals surface area (Å²) >= 11 is 1.38. The fourth-order valence-electron chi connectivity index (χ4n) is 3.96. The molecule has 2 atom stereocenters. The van der Waals surface area contributed by atoms with E-state index in [1.165, 1.54) is 26.0 Å². The molecule has 170 valence electrons. The second-order valence-corrected chi connectivity index (χ2v) is 8.93. The number of aliphatic imine (C=N–C) groups is 1. The SMILES string of the molecule is COc1c(O)c(C)c2c(c1OC)OC(COc1ccc(CC3SC(=N)N=C3N)cc1)CC2. The van der Waals surface area contributed by atoms with Crippen molar-refractivity contribution in [2.45, 2.75) is 37.5 Å². The van der Waals surface area contributed by atoms with Crippen LogP contribution >= 0.6 is 11.8 Å². The number of phenols is 1. The molecular formula is C23H27N3O5S. The standard InChI is InChI=1S/C23H27N3O5S/c1-12-16-9-8-15(31-19(16)21(29-3)20(28-2)18(12)27)11-30-14-6-4-13(5-7-14)10-17-22(24)26-23(25)32-17/h4-7,15,17,27H,8-11H2,1-3H3,(H3,24,25,26). The number of benzene rings is 2. The van der Waals surface area contributed by atoms with Gasteiger partial charge in [0.15, 0.2) is 16.7 Å². The van der Waals surface area contributed by atoms with Crippen LogP contribution in [0.15, 0.2) is 29.3 Å². The number of methoxy groups -OCH3 is 2. The number of nitrogens with one attached hydrogen (secondary N) is 1. The normalized spacial score (nSPS) is 19.7. The fraction of sp³-hybridized carbons (Fsp3) is 0.391. The smallest absolute Gasteiger partial charge is 0.207 e. The van der Waals surface area contributed by atoms with E-state index in [2.05, 4.69) is 4.99 Å². The number of phenolic OH excluding ortho intramolecular Hbond substituents is 1. The zero-order valence-electron chi connectivity index (χ0n) is 18.3. The first kappa shape index (κ1) is 22.1. The zero-order chi connectivity index (χ0) is 22.8. The molecule has 0 aliphatic carbocycles. The summed E-state index contributed by atoms with van der Waals surface area (Å²) in [6.45, 7) is 2.24. The summed E-state index contributed by atoms with van der Waals surface area (Å²) in [6.07, 6.45) is 2.09. The Hall–Kier alpha value is -3.07. The lowest BCUT2D eigenvalue weighted by molar-refractivity contribution is 0.104. The van der Waals surface area contributed by atoms with Gasteiger partial charge in [0.2, 0.25) is 11.5 Å². The minimum absolute atomic E-state index is 0.0137. The third-order valence-corrected chi connectivity index (χ3v) is 6.72. The van der Waals surface area contributed by atoms with Gasteiger partial charge in [0.1, 0.15) is 24.3 Å². The van der Waals surface area contributed by atoms with Crippen molar-refractivity contribution in [2.75, 3.05) is 20.8 Å². The number of aromatic hydroxyl groups is 1. The van der Waals surface area contributed by atoms with Crippen LogP contribution in [-0.2, 0) is 12.8 Å². The van der Waals surface area contributed by atoms with Crippen LogP contribution in [0.5, 0.6) is 28.7 Å². The molecule has 2 aromatic carbocycles. The minimum atomic E-state index is -0.151. The molecule has 4 rings (SSSR count). The lowest BCUT2D eigenvalue weighted by Crippen LogP contribution is -2.29. The number of rotatable bonds is 7. The zero-order valence-corrected chi connectivity index (χ0v) is 19.1. The maximum absolute atomic E-state index is 10.4. The van der Waals surface area contributed by atoms with Crippen molar-refractivity contribution in [3.63, 3.8) is 0 Å². The number of hydrogen-bond donors (Lipinski definition) is 3. The monoisotopic (exact) mass is 457 g/mol. The first-order valence-corrected chi connectivity index (χ1v) is 11.2. The topological polar surface area (TPSA) is 119 Å². The van der Waals surface area contributed by atoms with Gasteiger partial charge in [-0.3, -0.25) is 5.41 Å². The average Bonchev–Trinajstić information content (AvgIpc) is 3.11. The number of hydrogen-bond acceptors (Lipinski definition) is 8. The lowest BCUT2D eigenvalue weighted by atomic mass is 9.96. The van der Waals surface area contributed by atoms with Crippen LogP contribution in [0.3, 0.4) is 0 Å². The molecule has 0 radical (unpaired) electrons. The van der Waals surface area contributed by atoms with E-state index in [4.69, 9.17) is 30.1 Å². The van der Waals surface area contributed by atoms with E-state index in [0.717, 1.165) is 41.7 Å². The number of nitrogens with two attached hydrogens (primary N) is 1. The molecule has 32 heavy (non-hydrogen) atoms. The van der Waals surface area contributed by atoms with Crippen LogP contribution < -0.4 is 24.7 Å². The van der Waals surface area contributed by atoms with E-state index in [-0.39, 0.29) is 28.0 Å². The maximum Gasteiger partial charge on any atom is 0.207 e. The molecule has 0 fully saturated rings. The summed E-state index contributed by atoms with van der Waals surface area (Å²) in [5.74, 6) is 2.63. The number of ether oxygens (including phenoxy) is 4. The van der Waals surface area contributed by atoms with E-state index in [9.17, 15) is 5.11 Å². The van der Waals surface area contributed by atoms with Crippen LogP contribution in [0.4, 0.5) is 0 Å². The highest BCUT2D eigenvalue weighted by molar-refractivity contribution is 8.15. The van der Waals surface area contributed by atoms with Crippen molar-refractivity contribution >= 4 is 22.8 Å². The van der Waals surface area contributed by atoms with Crippen molar-refractivity contribution < 1.29 is 24.1 Å². The number of nitrogens with zero attached hydrogens (tertiary/aromatic N) is 1. The van der Waals surface area contributed by atoms with Gasteiger partial charge in [0.25, 0.3) is 0 Å². The summed E-state index contributed by atoms with van der Waals surface area (Å²) in [5.41, 5.74) is 8.67. The Balaban J connectivity index is 1.39. The highest BCUT2D eigenvalue weighted by atomic mass is 32.2. The van der Waals surface area contributed by atoms with Crippen LogP contribution in [0, 0.1) is 12.3 Å². The van der Waals surface area contributed by atoms with Gasteiger partial charge in [-0.25, -0.2) is 4.99 Å². The number of fused-ring (bicyclic) bond motifs is 1. The Bertz CT molecular complexity index is 1050. The average molecular weight is 458 g/mol. The molecule has 8 nitrogen and oxygen atoms in total. The van der Waals surface area contributed by atoms with Gasteiger partial charge in [0, 0.05) is 11.1 Å². The van der Waals surface area contributed by atoms with Crippen molar-refractivity contribution in [3.05, 3.63) is 41.0 Å². The first-order valence-electron chi connectivity index (χ1n) is 10.3. The van der Waals surface area contributed by atoms with E-state index >= 15 is 0 Å². The van der Waals surface area contributed by atoms with E-state index < -0.39 is 0 Å². The molecule has 4 N–H and O–H groups in total. The largest absolute Gasteiger partial charge is 0.504 e. The molecule has 0 saturated heterocycles. The summed E-state index contributed by atoms with van der Waals surface area (Å²) < 4.78 is 23.0. The molecule has 2 aromatic rings. The van der Waals surface area contributed by atoms with Gasteiger partial charge < -0.3 is 29.8 Å². The van der Waals surface area contributed by atoms with E-state index in [1.54, 1.807) is 0 Å². The molecule has 0 saturated carbocycles. The second kappa shape index (κ2) is 9.20. The Kier molecular flexibility index (Phi) is 6.36. The predicted octanol–water partition coefficient (Wildman–Crippen LogP) is 3.44. The van der Waals surface area contributed by atoms with E-state index in [0.29, 0.717) is 23.9 Å². The molecule has 2 unspecified atom stereocenters. The lowest BCUT2D eigenvalue weighted by Gasteiger charge is -2.29. The maximum atomic E-state index is 10.4. The molecule has 2 aliphatic rings. The third kappa shape index (κ3) is 4.29. The van der Waals surface area contributed by atoms with Gasteiger partial charge in [-0.05, 0) is 43.9 Å². The summed E-state index contributed by atoms with van der Waals surface area (Å²) in [7, 11) is 3.03. The Morgan fingerprint density at radius 2 is 1.94 bits per heavy atom. The van der Waals surface area contributed by atoms with Gasteiger partial charge in [-0.1, -0.05) is 23.9 Å². The third-order valence-electron chi connectivity index (χ3n) is 5.71. The number of amidine groups is 2. The highest BCUT2D eigenvalue weighted by Gasteiger charge is 2.30. The predicted molar refractivity (Wildman–Crippen MR) is 125 cm³/mol. The summed E-state index contributed by atoms with van der Waals surface area (Å²) in [4.78, 5) is 3.99. The minimum Gasteiger partial charge on any atom is -0.504 e. The number of thioether (sulfide) groups is 1. The van der Waals surface area contributed by atoms with Crippen LogP contribution in [0.25, 0.3) is 0 Å². The van der Waals surface area contributed by atoms with Crippen molar-refractivity contribution in [2.24, 2.45) is 10.7 Å². The molecule has 2 aliphatic heterocycles. The Labute approximate surface area is 191 Å². The molecule has 2 heterocycles.